The maximum absolute atomic E-state index is 11.0. The van der Waals surface area contributed by atoms with Crippen LogP contribution in [0, 0.1) is 0 Å². The van der Waals surface area contributed by atoms with Crippen LogP contribution >= 0.6 is 12.2 Å². The second kappa shape index (κ2) is 2.90. The van der Waals surface area contributed by atoms with Gasteiger partial charge >= 0.3 is 0 Å². The Balaban J connectivity index is 2.83. The van der Waals surface area contributed by atoms with Crippen molar-refractivity contribution in [3.8, 4) is 0 Å². The molecule has 4 nitrogen and oxygen atoms in total. The van der Waals surface area contributed by atoms with Gasteiger partial charge in [-0.3, -0.25) is 14.5 Å². The minimum atomic E-state index is -0.620. The lowest BCUT2D eigenvalue weighted by molar-refractivity contribution is -0.136. The van der Waals surface area contributed by atoms with E-state index in [1.807, 2.05) is 0 Å². The lowest BCUT2D eigenvalue weighted by Crippen LogP contribution is -2.26. The summed E-state index contributed by atoms with van der Waals surface area (Å²) in [5.41, 5.74) is 0. The van der Waals surface area contributed by atoms with Crippen LogP contribution in [-0.4, -0.2) is 35.0 Å². The molecule has 0 aromatic heterocycles. The monoisotopic (exact) mass is 170 g/mol. The molecule has 0 spiro atoms. The van der Waals surface area contributed by atoms with Crippen molar-refractivity contribution >= 4 is 29.2 Å². The highest BCUT2D eigenvalue weighted by Crippen LogP contribution is 2.12. The summed E-state index contributed by atoms with van der Waals surface area (Å²) < 4.78 is 0. The van der Waals surface area contributed by atoms with E-state index < -0.39 is 6.04 Å². The minimum Gasteiger partial charge on any atom is -0.284 e. The number of hydrogen-bond acceptors (Lipinski definition) is 4. The van der Waals surface area contributed by atoms with Gasteiger partial charge in [0.15, 0.2) is 0 Å². The van der Waals surface area contributed by atoms with Crippen molar-refractivity contribution in [2.24, 2.45) is 4.99 Å². The predicted octanol–water partition coefficient (Wildman–Crippen LogP) is -0.153. The van der Waals surface area contributed by atoms with Crippen molar-refractivity contribution in [2.45, 2.75) is 12.5 Å². The first-order valence-corrected chi connectivity index (χ1v) is 3.45. The first-order valence-electron chi connectivity index (χ1n) is 3.04. The number of likely N-dealkylation sites (tertiary alicyclic amines) is 1. The first-order chi connectivity index (χ1) is 5.16. The fraction of sp³-hybridized carbons (Fsp3) is 0.500. The van der Waals surface area contributed by atoms with Crippen LogP contribution in [0.4, 0.5) is 0 Å². The molecule has 11 heavy (non-hydrogen) atoms. The van der Waals surface area contributed by atoms with Crippen LogP contribution in [0.3, 0.4) is 0 Å². The molecule has 0 radical (unpaired) electrons. The molecule has 1 rings (SSSR count). The number of isothiocyanates is 1. The Morgan fingerprint density at radius 3 is 2.73 bits per heavy atom. The van der Waals surface area contributed by atoms with E-state index in [4.69, 9.17) is 0 Å². The molecule has 1 heterocycles. The molecule has 1 unspecified atom stereocenters. The Morgan fingerprint density at radius 2 is 2.36 bits per heavy atom. The summed E-state index contributed by atoms with van der Waals surface area (Å²) in [5.74, 6) is -0.513. The number of imide groups is 1. The summed E-state index contributed by atoms with van der Waals surface area (Å²) in [6.07, 6.45) is 0.124. The SMILES string of the molecule is CN1C(=O)CC(N=C=S)C1=O. The van der Waals surface area contributed by atoms with Crippen molar-refractivity contribution in [1.29, 1.82) is 0 Å². The third-order valence-electron chi connectivity index (χ3n) is 1.57. The molecule has 0 aliphatic carbocycles. The lowest BCUT2D eigenvalue weighted by Gasteiger charge is -2.03. The number of amides is 2. The fourth-order valence-corrected chi connectivity index (χ4v) is 1.03. The van der Waals surface area contributed by atoms with Gasteiger partial charge in [0.1, 0.15) is 6.04 Å². The van der Waals surface area contributed by atoms with E-state index in [0.29, 0.717) is 0 Å². The Labute approximate surface area is 68.9 Å². The molecule has 0 saturated carbocycles. The van der Waals surface area contributed by atoms with Crippen LogP contribution in [-0.2, 0) is 9.59 Å². The highest BCUT2D eigenvalue weighted by Gasteiger charge is 2.35. The van der Waals surface area contributed by atoms with Crippen LogP contribution < -0.4 is 0 Å². The molecule has 1 fully saturated rings. The highest BCUT2D eigenvalue weighted by molar-refractivity contribution is 7.78. The fourth-order valence-electron chi connectivity index (χ4n) is 0.901. The van der Waals surface area contributed by atoms with Gasteiger partial charge in [0.25, 0.3) is 5.91 Å². The van der Waals surface area contributed by atoms with Crippen molar-refractivity contribution in [3.05, 3.63) is 0 Å². The molecular formula is C6H6N2O2S. The van der Waals surface area contributed by atoms with Crippen LogP contribution in [0.5, 0.6) is 0 Å². The van der Waals surface area contributed by atoms with Gasteiger partial charge < -0.3 is 0 Å². The molecule has 2 amide bonds. The van der Waals surface area contributed by atoms with Gasteiger partial charge in [0, 0.05) is 7.05 Å². The van der Waals surface area contributed by atoms with E-state index >= 15 is 0 Å². The van der Waals surface area contributed by atoms with E-state index in [2.05, 4.69) is 22.4 Å². The Hall–Kier alpha value is -1.06. The number of carbonyl (C=O) groups is 2. The summed E-state index contributed by atoms with van der Waals surface area (Å²) in [6.45, 7) is 0. The number of nitrogens with zero attached hydrogens (tertiary/aromatic N) is 2. The number of aliphatic imine (C=N–C) groups is 1. The zero-order valence-electron chi connectivity index (χ0n) is 5.90. The molecule has 1 saturated heterocycles. The van der Waals surface area contributed by atoms with E-state index in [0.717, 1.165) is 4.90 Å². The van der Waals surface area contributed by atoms with Gasteiger partial charge in [-0.1, -0.05) is 0 Å². The molecule has 1 aliphatic rings. The number of hydrogen-bond donors (Lipinski definition) is 0. The zero-order valence-corrected chi connectivity index (χ0v) is 6.72. The average Bonchev–Trinajstić information content (AvgIpc) is 2.19. The van der Waals surface area contributed by atoms with Crippen molar-refractivity contribution in [1.82, 2.24) is 4.90 Å². The Kier molecular flexibility index (Phi) is 2.12. The third kappa shape index (κ3) is 1.34. The second-order valence-corrected chi connectivity index (χ2v) is 2.41. The van der Waals surface area contributed by atoms with Gasteiger partial charge in [-0.05, 0) is 12.2 Å². The Bertz CT molecular complexity index is 257. The predicted molar refractivity (Wildman–Crippen MR) is 41.2 cm³/mol. The van der Waals surface area contributed by atoms with Crippen LogP contribution in [0.1, 0.15) is 6.42 Å². The van der Waals surface area contributed by atoms with Gasteiger partial charge in [0.2, 0.25) is 5.91 Å². The van der Waals surface area contributed by atoms with Crippen LogP contribution in [0.15, 0.2) is 4.99 Å². The highest BCUT2D eigenvalue weighted by atomic mass is 32.1. The maximum atomic E-state index is 11.0. The maximum Gasteiger partial charge on any atom is 0.255 e. The molecular weight excluding hydrogens is 164 g/mol. The molecule has 1 aliphatic heterocycles. The minimum absolute atomic E-state index is 0.124. The molecule has 0 aromatic carbocycles. The topological polar surface area (TPSA) is 49.7 Å². The van der Waals surface area contributed by atoms with Crippen molar-refractivity contribution in [2.75, 3.05) is 7.05 Å². The van der Waals surface area contributed by atoms with Gasteiger partial charge in [-0.2, -0.15) is 0 Å². The zero-order chi connectivity index (χ0) is 8.43. The quantitative estimate of drug-likeness (QED) is 0.312. The average molecular weight is 170 g/mol. The number of thiocarbonyl (C=S) groups is 1. The molecule has 0 N–H and O–H groups in total. The van der Waals surface area contributed by atoms with E-state index in [1.165, 1.54) is 7.05 Å². The molecule has 0 aromatic rings. The van der Waals surface area contributed by atoms with E-state index in [-0.39, 0.29) is 18.2 Å². The largest absolute Gasteiger partial charge is 0.284 e. The Morgan fingerprint density at radius 1 is 1.73 bits per heavy atom. The van der Waals surface area contributed by atoms with Gasteiger partial charge in [0.05, 0.1) is 11.6 Å². The standard InChI is InChI=1S/C6H6N2O2S/c1-8-5(9)2-4(6(8)10)7-3-11/h4H,2H2,1H3. The summed E-state index contributed by atoms with van der Waals surface area (Å²) in [5, 5.41) is 2.09. The summed E-state index contributed by atoms with van der Waals surface area (Å²) in [6, 6.07) is -0.620. The van der Waals surface area contributed by atoms with Gasteiger partial charge in [-0.25, -0.2) is 4.99 Å². The molecule has 0 bridgehead atoms. The summed E-state index contributed by atoms with van der Waals surface area (Å²) in [7, 11) is 1.43. The molecule has 5 heteroatoms. The first kappa shape index (κ1) is 8.04. The second-order valence-electron chi connectivity index (χ2n) is 2.23. The summed E-state index contributed by atoms with van der Waals surface area (Å²) in [4.78, 5) is 26.5. The normalized spacial score (nSPS) is 23.7. The van der Waals surface area contributed by atoms with Crippen molar-refractivity contribution in [3.63, 3.8) is 0 Å². The van der Waals surface area contributed by atoms with E-state index in [9.17, 15) is 9.59 Å². The summed E-state index contributed by atoms with van der Waals surface area (Å²) >= 11 is 4.32. The number of rotatable bonds is 1. The molecule has 1 atom stereocenters. The lowest BCUT2D eigenvalue weighted by atomic mass is 10.3. The third-order valence-corrected chi connectivity index (χ3v) is 1.67. The van der Waals surface area contributed by atoms with Crippen molar-refractivity contribution < 1.29 is 9.59 Å². The van der Waals surface area contributed by atoms with Gasteiger partial charge in [-0.15, -0.1) is 0 Å². The number of likely N-dealkylation sites (N-methyl/N-ethyl adjacent to an activating group) is 1. The number of carbonyl (C=O) groups excluding carboxylic acids is 2. The molecule has 58 valence electrons. The smallest absolute Gasteiger partial charge is 0.255 e. The van der Waals surface area contributed by atoms with E-state index in [1.54, 1.807) is 0 Å². The van der Waals surface area contributed by atoms with Crippen LogP contribution in [0.2, 0.25) is 0 Å². The van der Waals surface area contributed by atoms with Crippen LogP contribution in [0.25, 0.3) is 0 Å².